The van der Waals surface area contributed by atoms with Crippen LogP contribution in [0.4, 0.5) is 0 Å². The van der Waals surface area contributed by atoms with Crippen LogP contribution in [0.1, 0.15) is 21.6 Å². The second-order valence-electron chi connectivity index (χ2n) is 6.46. The van der Waals surface area contributed by atoms with E-state index < -0.39 is 0 Å². The number of nitrogens with one attached hydrogen (secondary N) is 1. The van der Waals surface area contributed by atoms with E-state index in [4.69, 9.17) is 11.6 Å². The molecule has 4 rings (SSSR count). The minimum Gasteiger partial charge on any atom is -0.266 e. The summed E-state index contributed by atoms with van der Waals surface area (Å²) < 4.78 is 2.29. The van der Waals surface area contributed by atoms with Crippen molar-refractivity contribution >= 4 is 50.4 Å². The number of hydrogen-bond donors (Lipinski definition) is 1. The maximum absolute atomic E-state index is 12.4. The number of halogens is 2. The lowest BCUT2D eigenvalue weighted by Crippen LogP contribution is -2.19. The molecule has 0 radical (unpaired) electrons. The summed E-state index contributed by atoms with van der Waals surface area (Å²) in [6.45, 7) is 0.531. The topological polar surface area (TPSA) is 59.3 Å². The number of benzene rings is 3. The summed E-state index contributed by atoms with van der Waals surface area (Å²) in [5.41, 5.74) is 4.73. The van der Waals surface area contributed by atoms with Crippen molar-refractivity contribution in [2.75, 3.05) is 0 Å². The molecule has 1 heterocycles. The maximum atomic E-state index is 12.4. The summed E-state index contributed by atoms with van der Waals surface area (Å²) in [7, 11) is 0. The van der Waals surface area contributed by atoms with Crippen LogP contribution in [0.5, 0.6) is 0 Å². The lowest BCUT2D eigenvalue weighted by Gasteiger charge is -2.02. The summed E-state index contributed by atoms with van der Waals surface area (Å²) in [6, 6.07) is 21.6. The van der Waals surface area contributed by atoms with Crippen molar-refractivity contribution in [3.05, 3.63) is 99.2 Å². The zero-order valence-electron chi connectivity index (χ0n) is 15.2. The van der Waals surface area contributed by atoms with Crippen LogP contribution in [-0.2, 0) is 6.54 Å². The molecule has 144 valence electrons. The summed E-state index contributed by atoms with van der Waals surface area (Å²) in [5.74, 6) is -0.385. The Morgan fingerprint density at radius 1 is 1.10 bits per heavy atom. The number of carbonyl (C=O) groups excluding carboxylic acids is 1. The van der Waals surface area contributed by atoms with Crippen LogP contribution in [0.25, 0.3) is 10.8 Å². The number of rotatable bonds is 5. The lowest BCUT2D eigenvalue weighted by atomic mass is 10.1. The monoisotopic (exact) mass is 466 g/mol. The summed E-state index contributed by atoms with van der Waals surface area (Å²) in [4.78, 5) is 12.4. The van der Waals surface area contributed by atoms with Crippen LogP contribution in [-0.4, -0.2) is 21.9 Å². The Morgan fingerprint density at radius 3 is 2.66 bits per heavy atom. The molecule has 0 saturated carbocycles. The van der Waals surface area contributed by atoms with Crippen LogP contribution < -0.4 is 5.43 Å². The fraction of sp³-hybridized carbons (Fsp3) is 0.0455. The number of carbonyl (C=O) groups is 1. The van der Waals surface area contributed by atoms with Crippen molar-refractivity contribution in [3.8, 4) is 0 Å². The third-order valence-corrected chi connectivity index (χ3v) is 5.18. The predicted molar refractivity (Wildman–Crippen MR) is 119 cm³/mol. The first-order valence-corrected chi connectivity index (χ1v) is 10.1. The Balaban J connectivity index is 1.43. The quantitative estimate of drug-likeness (QED) is 0.321. The molecule has 0 saturated heterocycles. The molecule has 5 nitrogen and oxygen atoms in total. The van der Waals surface area contributed by atoms with Crippen molar-refractivity contribution in [1.82, 2.24) is 15.2 Å². The van der Waals surface area contributed by atoms with Gasteiger partial charge in [-0.2, -0.15) is 10.2 Å². The number of nitrogens with zero attached hydrogens (tertiary/aromatic N) is 3. The van der Waals surface area contributed by atoms with Crippen LogP contribution in [0.2, 0.25) is 5.02 Å². The molecule has 1 aromatic heterocycles. The summed E-state index contributed by atoms with van der Waals surface area (Å²) >= 11 is 9.30. The van der Waals surface area contributed by atoms with Gasteiger partial charge in [0.15, 0.2) is 5.69 Å². The van der Waals surface area contributed by atoms with E-state index in [-0.39, 0.29) is 11.6 Å². The first kappa shape index (κ1) is 19.4. The van der Waals surface area contributed by atoms with Crippen LogP contribution in [0.3, 0.4) is 0 Å². The van der Waals surface area contributed by atoms with Gasteiger partial charge in [0.25, 0.3) is 5.91 Å². The molecule has 0 unspecified atom stereocenters. The molecule has 1 amide bonds. The van der Waals surface area contributed by atoms with Gasteiger partial charge in [0.05, 0.1) is 17.2 Å². The van der Waals surface area contributed by atoms with E-state index in [0.717, 1.165) is 21.9 Å². The van der Waals surface area contributed by atoms with Gasteiger partial charge in [0, 0.05) is 11.2 Å². The zero-order chi connectivity index (χ0) is 20.2. The molecular weight excluding hydrogens is 452 g/mol. The third kappa shape index (κ3) is 4.72. The molecule has 0 aliphatic rings. The van der Waals surface area contributed by atoms with Crippen molar-refractivity contribution < 1.29 is 4.79 Å². The van der Waals surface area contributed by atoms with Crippen LogP contribution in [0, 0.1) is 0 Å². The average molecular weight is 468 g/mol. The van der Waals surface area contributed by atoms with E-state index in [1.807, 2.05) is 60.7 Å². The summed E-state index contributed by atoms with van der Waals surface area (Å²) in [5, 5.41) is 11.4. The average Bonchev–Trinajstić information content (AvgIpc) is 3.09. The Morgan fingerprint density at radius 2 is 1.86 bits per heavy atom. The molecule has 1 N–H and O–H groups in total. The SMILES string of the molecule is O=C(N/N=C/c1ccc2ccccc2c1)c1nn(Cc2ccc(Cl)cc2)cc1Br. The van der Waals surface area contributed by atoms with E-state index in [1.165, 1.54) is 0 Å². The molecule has 4 aromatic rings. The molecule has 0 aliphatic heterocycles. The van der Waals surface area contributed by atoms with Gasteiger partial charge in [-0.3, -0.25) is 9.48 Å². The van der Waals surface area contributed by atoms with Gasteiger partial charge in [-0.15, -0.1) is 0 Å². The molecule has 3 aromatic carbocycles. The normalized spacial score (nSPS) is 11.2. The van der Waals surface area contributed by atoms with Gasteiger partial charge in [0.2, 0.25) is 0 Å². The number of hydrogen-bond acceptors (Lipinski definition) is 3. The highest BCUT2D eigenvalue weighted by Gasteiger charge is 2.14. The Kier molecular flexibility index (Phi) is 5.74. The van der Waals surface area contributed by atoms with E-state index in [9.17, 15) is 4.79 Å². The Hall–Kier alpha value is -2.96. The van der Waals surface area contributed by atoms with Crippen molar-refractivity contribution in [2.24, 2.45) is 5.10 Å². The number of aromatic nitrogens is 2. The minimum absolute atomic E-state index is 0.273. The van der Waals surface area contributed by atoms with E-state index in [1.54, 1.807) is 17.1 Å². The lowest BCUT2D eigenvalue weighted by molar-refractivity contribution is 0.0948. The highest BCUT2D eigenvalue weighted by molar-refractivity contribution is 9.10. The highest BCUT2D eigenvalue weighted by Crippen LogP contribution is 2.17. The molecule has 0 aliphatic carbocycles. The van der Waals surface area contributed by atoms with E-state index in [0.29, 0.717) is 16.0 Å². The van der Waals surface area contributed by atoms with E-state index in [2.05, 4.69) is 37.6 Å². The van der Waals surface area contributed by atoms with Gasteiger partial charge >= 0.3 is 0 Å². The Labute approximate surface area is 181 Å². The number of amides is 1. The fourth-order valence-corrected chi connectivity index (χ4v) is 3.54. The largest absolute Gasteiger partial charge is 0.293 e. The van der Waals surface area contributed by atoms with Crippen molar-refractivity contribution in [3.63, 3.8) is 0 Å². The highest BCUT2D eigenvalue weighted by atomic mass is 79.9. The van der Waals surface area contributed by atoms with Crippen molar-refractivity contribution in [2.45, 2.75) is 6.54 Å². The molecule has 0 fully saturated rings. The van der Waals surface area contributed by atoms with Gasteiger partial charge in [-0.05, 0) is 56.0 Å². The van der Waals surface area contributed by atoms with Gasteiger partial charge in [-0.1, -0.05) is 60.1 Å². The smallest absolute Gasteiger partial charge is 0.266 e. The van der Waals surface area contributed by atoms with Gasteiger partial charge in [-0.25, -0.2) is 5.43 Å². The third-order valence-electron chi connectivity index (χ3n) is 4.34. The zero-order valence-corrected chi connectivity index (χ0v) is 17.6. The summed E-state index contributed by atoms with van der Waals surface area (Å²) in [6.07, 6.45) is 3.37. The maximum Gasteiger partial charge on any atom is 0.293 e. The van der Waals surface area contributed by atoms with Gasteiger partial charge < -0.3 is 0 Å². The molecular formula is C22H16BrClN4O. The van der Waals surface area contributed by atoms with Crippen LogP contribution >= 0.6 is 27.5 Å². The fourth-order valence-electron chi connectivity index (χ4n) is 2.92. The van der Waals surface area contributed by atoms with Crippen LogP contribution in [0.15, 0.2) is 82.5 Å². The van der Waals surface area contributed by atoms with Crippen molar-refractivity contribution in [1.29, 1.82) is 0 Å². The first-order chi connectivity index (χ1) is 14.1. The number of hydrazone groups is 1. The Bertz CT molecular complexity index is 1200. The standard InChI is InChI=1S/C22H16BrClN4O/c23-20-14-28(13-15-6-9-19(24)10-7-15)27-21(20)22(29)26-25-12-16-5-8-17-3-1-2-4-18(17)11-16/h1-12,14H,13H2,(H,26,29)/b25-12+. The number of fused-ring (bicyclic) bond motifs is 1. The molecule has 0 bridgehead atoms. The second-order valence-corrected chi connectivity index (χ2v) is 7.75. The first-order valence-electron chi connectivity index (χ1n) is 8.88. The second kappa shape index (κ2) is 8.59. The van der Waals surface area contributed by atoms with Gasteiger partial charge in [0.1, 0.15) is 0 Å². The minimum atomic E-state index is -0.385. The molecule has 0 spiro atoms. The van der Waals surface area contributed by atoms with E-state index >= 15 is 0 Å². The molecule has 0 atom stereocenters. The molecule has 29 heavy (non-hydrogen) atoms. The predicted octanol–water partition coefficient (Wildman–Crippen LogP) is 5.26. The molecule has 7 heteroatoms.